The first-order chi connectivity index (χ1) is 10.0. The van der Waals surface area contributed by atoms with Crippen LogP contribution in [0.3, 0.4) is 0 Å². The number of hydrogen-bond acceptors (Lipinski definition) is 3. The number of halogens is 2. The standard InChI is InChI=1S/C16H23F2NO2/c1-12(19-11-16(2)7-9-20-10-8-16)13-5-3-4-6-14(13)21-15(17)18/h3-6,12,15,19H,7-11H2,1-2H3. The Morgan fingerprint density at radius 3 is 2.62 bits per heavy atom. The highest BCUT2D eigenvalue weighted by Gasteiger charge is 2.28. The van der Waals surface area contributed by atoms with E-state index in [0.29, 0.717) is 0 Å². The second-order valence-electron chi connectivity index (χ2n) is 5.94. The van der Waals surface area contributed by atoms with Gasteiger partial charge in [0.15, 0.2) is 0 Å². The first-order valence-electron chi connectivity index (χ1n) is 7.35. The van der Waals surface area contributed by atoms with Crippen LogP contribution >= 0.6 is 0 Å². The summed E-state index contributed by atoms with van der Waals surface area (Å²) in [6, 6.07) is 6.90. The summed E-state index contributed by atoms with van der Waals surface area (Å²) in [5.41, 5.74) is 0.957. The summed E-state index contributed by atoms with van der Waals surface area (Å²) < 4.78 is 34.9. The van der Waals surface area contributed by atoms with Crippen LogP contribution in [0.2, 0.25) is 0 Å². The Labute approximate surface area is 124 Å². The van der Waals surface area contributed by atoms with Gasteiger partial charge in [0.1, 0.15) is 5.75 Å². The van der Waals surface area contributed by atoms with Crippen molar-refractivity contribution >= 4 is 0 Å². The molecule has 0 spiro atoms. The lowest BCUT2D eigenvalue weighted by atomic mass is 9.82. The Morgan fingerprint density at radius 2 is 1.95 bits per heavy atom. The van der Waals surface area contributed by atoms with E-state index in [9.17, 15) is 8.78 Å². The van der Waals surface area contributed by atoms with Gasteiger partial charge in [-0.1, -0.05) is 25.1 Å². The van der Waals surface area contributed by atoms with Crippen LogP contribution in [0.25, 0.3) is 0 Å². The van der Waals surface area contributed by atoms with Crippen molar-refractivity contribution in [2.75, 3.05) is 19.8 Å². The molecule has 2 rings (SSSR count). The maximum Gasteiger partial charge on any atom is 0.387 e. The van der Waals surface area contributed by atoms with Crippen molar-refractivity contribution in [1.82, 2.24) is 5.32 Å². The van der Waals surface area contributed by atoms with Crippen LogP contribution in [-0.4, -0.2) is 26.4 Å². The van der Waals surface area contributed by atoms with Crippen molar-refractivity contribution in [3.63, 3.8) is 0 Å². The molecule has 3 nitrogen and oxygen atoms in total. The number of hydrogen-bond donors (Lipinski definition) is 1. The van der Waals surface area contributed by atoms with Gasteiger partial charge in [-0.2, -0.15) is 8.78 Å². The average Bonchev–Trinajstić information content (AvgIpc) is 2.46. The van der Waals surface area contributed by atoms with Crippen molar-refractivity contribution in [3.8, 4) is 5.75 Å². The molecule has 0 amide bonds. The molecule has 1 fully saturated rings. The highest BCUT2D eigenvalue weighted by atomic mass is 19.3. The number of benzene rings is 1. The number of nitrogens with one attached hydrogen (secondary N) is 1. The zero-order valence-corrected chi connectivity index (χ0v) is 12.6. The van der Waals surface area contributed by atoms with Crippen LogP contribution in [0.1, 0.15) is 38.3 Å². The van der Waals surface area contributed by atoms with Gasteiger partial charge in [0.05, 0.1) is 0 Å². The zero-order valence-electron chi connectivity index (χ0n) is 12.6. The van der Waals surface area contributed by atoms with E-state index in [2.05, 4.69) is 17.0 Å². The minimum atomic E-state index is -2.80. The molecule has 0 aromatic heterocycles. The lowest BCUT2D eigenvalue weighted by Crippen LogP contribution is -2.37. The van der Waals surface area contributed by atoms with Crippen LogP contribution < -0.4 is 10.1 Å². The molecule has 0 aliphatic carbocycles. The van der Waals surface area contributed by atoms with E-state index in [0.717, 1.165) is 38.2 Å². The Hall–Kier alpha value is -1.20. The Kier molecular flexibility index (Phi) is 5.53. The van der Waals surface area contributed by atoms with Crippen LogP contribution in [0, 0.1) is 5.41 Å². The molecule has 1 unspecified atom stereocenters. The summed E-state index contributed by atoms with van der Waals surface area (Å²) in [5, 5.41) is 3.44. The minimum Gasteiger partial charge on any atom is -0.434 e. The van der Waals surface area contributed by atoms with Crippen molar-refractivity contribution in [3.05, 3.63) is 29.8 Å². The number of ether oxygens (including phenoxy) is 2. The summed E-state index contributed by atoms with van der Waals surface area (Å²) in [5.74, 6) is 0.240. The van der Waals surface area contributed by atoms with Crippen LogP contribution in [0.15, 0.2) is 24.3 Å². The summed E-state index contributed by atoms with van der Waals surface area (Å²) >= 11 is 0. The third-order valence-electron chi connectivity index (χ3n) is 4.14. The summed E-state index contributed by atoms with van der Waals surface area (Å²) in [6.07, 6.45) is 2.03. The van der Waals surface area contributed by atoms with Gasteiger partial charge in [-0.15, -0.1) is 0 Å². The molecule has 5 heteroatoms. The van der Waals surface area contributed by atoms with Crippen molar-refractivity contribution in [2.45, 2.75) is 39.3 Å². The first kappa shape index (κ1) is 16.2. The summed E-state index contributed by atoms with van der Waals surface area (Å²) in [6.45, 7) is 3.81. The third-order valence-corrected chi connectivity index (χ3v) is 4.14. The third kappa shape index (κ3) is 4.64. The summed E-state index contributed by atoms with van der Waals surface area (Å²) in [4.78, 5) is 0. The fourth-order valence-electron chi connectivity index (χ4n) is 2.59. The molecule has 1 aromatic carbocycles. The van der Waals surface area contributed by atoms with Gasteiger partial charge in [0.25, 0.3) is 0 Å². The van der Waals surface area contributed by atoms with E-state index < -0.39 is 6.61 Å². The molecule has 0 bridgehead atoms. The van der Waals surface area contributed by atoms with Crippen LogP contribution in [0.4, 0.5) is 8.78 Å². The van der Waals surface area contributed by atoms with Gasteiger partial charge in [-0.25, -0.2) is 0 Å². The maximum atomic E-state index is 12.4. The molecule has 118 valence electrons. The first-order valence-corrected chi connectivity index (χ1v) is 7.35. The van der Waals surface area contributed by atoms with Gasteiger partial charge in [0, 0.05) is 31.4 Å². The largest absolute Gasteiger partial charge is 0.434 e. The lowest BCUT2D eigenvalue weighted by Gasteiger charge is -2.35. The Bertz CT molecular complexity index is 448. The minimum absolute atomic E-state index is 0.0420. The van der Waals surface area contributed by atoms with E-state index in [1.165, 1.54) is 0 Å². The van der Waals surface area contributed by atoms with Crippen LogP contribution in [-0.2, 0) is 4.74 Å². The molecular weight excluding hydrogens is 276 g/mol. The highest BCUT2D eigenvalue weighted by molar-refractivity contribution is 5.35. The predicted octanol–water partition coefficient (Wildman–Crippen LogP) is 3.76. The molecule has 1 saturated heterocycles. The van der Waals surface area contributed by atoms with E-state index in [4.69, 9.17) is 4.74 Å². The van der Waals surface area contributed by atoms with Gasteiger partial charge < -0.3 is 14.8 Å². The van der Waals surface area contributed by atoms with Gasteiger partial charge in [-0.05, 0) is 31.2 Å². The van der Waals surface area contributed by atoms with Crippen LogP contribution in [0.5, 0.6) is 5.75 Å². The monoisotopic (exact) mass is 299 g/mol. The fraction of sp³-hybridized carbons (Fsp3) is 0.625. The van der Waals surface area contributed by atoms with Crippen molar-refractivity contribution < 1.29 is 18.3 Å². The van der Waals surface area contributed by atoms with E-state index in [1.54, 1.807) is 12.1 Å². The molecule has 1 heterocycles. The summed E-state index contributed by atoms with van der Waals surface area (Å²) in [7, 11) is 0. The number of para-hydroxylation sites is 1. The van der Waals surface area contributed by atoms with Crippen molar-refractivity contribution in [1.29, 1.82) is 0 Å². The van der Waals surface area contributed by atoms with E-state index in [1.807, 2.05) is 19.1 Å². The molecule has 1 atom stereocenters. The van der Waals surface area contributed by atoms with Gasteiger partial charge in [0.2, 0.25) is 0 Å². The SMILES string of the molecule is CC(NCC1(C)CCOCC1)c1ccccc1OC(F)F. The molecule has 1 aliphatic heterocycles. The molecule has 0 saturated carbocycles. The molecule has 1 aromatic rings. The topological polar surface area (TPSA) is 30.5 Å². The second kappa shape index (κ2) is 7.18. The lowest BCUT2D eigenvalue weighted by molar-refractivity contribution is -0.0507. The zero-order chi connectivity index (χ0) is 15.3. The Morgan fingerprint density at radius 1 is 1.29 bits per heavy atom. The van der Waals surface area contributed by atoms with Gasteiger partial charge >= 0.3 is 6.61 Å². The molecule has 21 heavy (non-hydrogen) atoms. The molecule has 1 aliphatic rings. The normalized spacial score (nSPS) is 19.5. The average molecular weight is 299 g/mol. The molecular formula is C16H23F2NO2. The molecule has 1 N–H and O–H groups in total. The Balaban J connectivity index is 1.98. The number of rotatable bonds is 6. The van der Waals surface area contributed by atoms with E-state index in [-0.39, 0.29) is 17.2 Å². The fourth-order valence-corrected chi connectivity index (χ4v) is 2.59. The molecule has 0 radical (unpaired) electrons. The maximum absolute atomic E-state index is 12.4. The van der Waals surface area contributed by atoms with Crippen molar-refractivity contribution in [2.24, 2.45) is 5.41 Å². The quantitative estimate of drug-likeness (QED) is 0.867. The highest BCUT2D eigenvalue weighted by Crippen LogP contribution is 2.31. The predicted molar refractivity (Wildman–Crippen MR) is 77.7 cm³/mol. The van der Waals surface area contributed by atoms with Gasteiger partial charge in [-0.3, -0.25) is 0 Å². The van der Waals surface area contributed by atoms with E-state index >= 15 is 0 Å². The number of alkyl halides is 2. The second-order valence-corrected chi connectivity index (χ2v) is 5.94. The smallest absolute Gasteiger partial charge is 0.387 e.